The minimum atomic E-state index is -0.375. The van der Waals surface area contributed by atoms with Crippen molar-refractivity contribution in [2.75, 3.05) is 12.4 Å². The zero-order valence-corrected chi connectivity index (χ0v) is 15.1. The van der Waals surface area contributed by atoms with Gasteiger partial charge in [0, 0.05) is 17.7 Å². The first-order valence-corrected chi connectivity index (χ1v) is 8.75. The second kappa shape index (κ2) is 8.81. The third kappa shape index (κ3) is 4.82. The Morgan fingerprint density at radius 3 is 2.00 bits per heavy atom. The standard InChI is InChI=1S/C23H21NO3/c1-27-23(26)19-12-14-20(15-13-19)24-21(17-8-4-2-5-9-17)16-22(25)18-10-6-3-7-11-18/h2-15,21,24H,16H2,1H3/t21-/m0/s1. The van der Waals surface area contributed by atoms with E-state index >= 15 is 0 Å². The molecule has 0 spiro atoms. The third-order valence-corrected chi connectivity index (χ3v) is 4.33. The molecule has 136 valence electrons. The predicted octanol–water partition coefficient (Wildman–Crippen LogP) is 4.90. The molecule has 1 atom stereocenters. The van der Waals surface area contributed by atoms with Gasteiger partial charge in [-0.1, -0.05) is 60.7 Å². The monoisotopic (exact) mass is 359 g/mol. The lowest BCUT2D eigenvalue weighted by Gasteiger charge is -2.20. The summed E-state index contributed by atoms with van der Waals surface area (Å²) in [6.45, 7) is 0. The molecule has 0 unspecified atom stereocenters. The highest BCUT2D eigenvalue weighted by atomic mass is 16.5. The summed E-state index contributed by atoms with van der Waals surface area (Å²) in [4.78, 5) is 24.3. The fourth-order valence-electron chi connectivity index (χ4n) is 2.89. The Morgan fingerprint density at radius 2 is 1.41 bits per heavy atom. The number of Topliss-reactive ketones (excluding diaryl/α,β-unsaturated/α-hetero) is 1. The molecule has 0 radical (unpaired) electrons. The van der Waals surface area contributed by atoms with Crippen molar-refractivity contribution in [3.05, 3.63) is 102 Å². The topological polar surface area (TPSA) is 55.4 Å². The van der Waals surface area contributed by atoms with Gasteiger partial charge in [-0.25, -0.2) is 4.79 Å². The molecule has 27 heavy (non-hydrogen) atoms. The van der Waals surface area contributed by atoms with E-state index in [1.807, 2.05) is 72.8 Å². The highest BCUT2D eigenvalue weighted by Crippen LogP contribution is 2.25. The summed E-state index contributed by atoms with van der Waals surface area (Å²) < 4.78 is 4.72. The van der Waals surface area contributed by atoms with Crippen LogP contribution in [0, 0.1) is 0 Å². The lowest BCUT2D eigenvalue weighted by Crippen LogP contribution is -2.16. The number of ketones is 1. The minimum absolute atomic E-state index is 0.0723. The van der Waals surface area contributed by atoms with Gasteiger partial charge in [0.1, 0.15) is 0 Å². The number of carbonyl (C=O) groups excluding carboxylic acids is 2. The zero-order valence-electron chi connectivity index (χ0n) is 15.1. The Morgan fingerprint density at radius 1 is 0.815 bits per heavy atom. The molecule has 0 saturated heterocycles. The van der Waals surface area contributed by atoms with E-state index in [0.717, 1.165) is 11.3 Å². The van der Waals surface area contributed by atoms with E-state index in [0.29, 0.717) is 17.5 Å². The first kappa shape index (κ1) is 18.4. The Labute approximate surface area is 158 Å². The number of methoxy groups -OCH3 is 1. The van der Waals surface area contributed by atoms with Crippen LogP contribution in [0.1, 0.15) is 38.7 Å². The number of carbonyl (C=O) groups is 2. The molecule has 0 amide bonds. The molecule has 0 saturated carbocycles. The first-order chi connectivity index (χ1) is 13.2. The van der Waals surface area contributed by atoms with Crippen LogP contribution in [0.2, 0.25) is 0 Å². The van der Waals surface area contributed by atoms with Gasteiger partial charge in [0.2, 0.25) is 0 Å². The molecule has 0 aliphatic carbocycles. The molecule has 3 rings (SSSR count). The summed E-state index contributed by atoms with van der Waals surface area (Å²) in [5, 5.41) is 3.41. The molecule has 0 aliphatic rings. The van der Waals surface area contributed by atoms with Gasteiger partial charge in [0.15, 0.2) is 5.78 Å². The summed E-state index contributed by atoms with van der Waals surface area (Å²) in [5.41, 5.74) is 3.04. The molecular weight excluding hydrogens is 338 g/mol. The molecule has 0 fully saturated rings. The number of benzene rings is 3. The van der Waals surface area contributed by atoms with Gasteiger partial charge in [-0.05, 0) is 29.8 Å². The van der Waals surface area contributed by atoms with Crippen LogP contribution in [0.25, 0.3) is 0 Å². The summed E-state index contributed by atoms with van der Waals surface area (Å²) in [6.07, 6.45) is 0.326. The second-order valence-electron chi connectivity index (χ2n) is 6.17. The number of nitrogens with one attached hydrogen (secondary N) is 1. The van der Waals surface area contributed by atoms with Gasteiger partial charge in [-0.3, -0.25) is 4.79 Å². The van der Waals surface area contributed by atoms with Crippen LogP contribution in [0.15, 0.2) is 84.9 Å². The van der Waals surface area contributed by atoms with Gasteiger partial charge in [0.25, 0.3) is 0 Å². The van der Waals surface area contributed by atoms with Gasteiger partial charge >= 0.3 is 5.97 Å². The highest BCUT2D eigenvalue weighted by molar-refractivity contribution is 5.96. The van der Waals surface area contributed by atoms with E-state index in [-0.39, 0.29) is 17.8 Å². The van der Waals surface area contributed by atoms with Crippen LogP contribution < -0.4 is 5.32 Å². The molecule has 0 aliphatic heterocycles. The quantitative estimate of drug-likeness (QED) is 0.481. The number of hydrogen-bond acceptors (Lipinski definition) is 4. The summed E-state index contributed by atoms with van der Waals surface area (Å²) in [7, 11) is 1.36. The molecule has 0 aromatic heterocycles. The van der Waals surface area contributed by atoms with E-state index in [1.54, 1.807) is 12.1 Å². The van der Waals surface area contributed by atoms with Gasteiger partial charge in [0.05, 0.1) is 18.7 Å². The first-order valence-electron chi connectivity index (χ1n) is 8.75. The Balaban J connectivity index is 1.80. The molecule has 4 heteroatoms. The average Bonchev–Trinajstić information content (AvgIpc) is 2.74. The smallest absolute Gasteiger partial charge is 0.337 e. The number of ether oxygens (including phenoxy) is 1. The van der Waals surface area contributed by atoms with Crippen molar-refractivity contribution < 1.29 is 14.3 Å². The maximum absolute atomic E-state index is 12.7. The maximum atomic E-state index is 12.7. The molecule has 3 aromatic carbocycles. The Kier molecular flexibility index (Phi) is 6.00. The van der Waals surface area contributed by atoms with Crippen LogP contribution >= 0.6 is 0 Å². The third-order valence-electron chi connectivity index (χ3n) is 4.33. The Hall–Kier alpha value is -3.40. The van der Waals surface area contributed by atoms with Crippen LogP contribution in [-0.4, -0.2) is 18.9 Å². The fraction of sp³-hybridized carbons (Fsp3) is 0.130. The molecular formula is C23H21NO3. The second-order valence-corrected chi connectivity index (χ2v) is 6.17. The fourth-order valence-corrected chi connectivity index (χ4v) is 2.89. The van der Waals surface area contributed by atoms with Crippen LogP contribution in [0.4, 0.5) is 5.69 Å². The van der Waals surface area contributed by atoms with Crippen molar-refractivity contribution in [2.45, 2.75) is 12.5 Å². The predicted molar refractivity (Wildman–Crippen MR) is 106 cm³/mol. The lowest BCUT2D eigenvalue weighted by molar-refractivity contribution is 0.0600. The van der Waals surface area contributed by atoms with Crippen molar-refractivity contribution in [3.8, 4) is 0 Å². The van der Waals surface area contributed by atoms with Gasteiger partial charge in [-0.15, -0.1) is 0 Å². The lowest BCUT2D eigenvalue weighted by atomic mass is 9.97. The largest absolute Gasteiger partial charge is 0.465 e. The number of anilines is 1. The van der Waals surface area contributed by atoms with E-state index in [9.17, 15) is 9.59 Å². The summed E-state index contributed by atoms with van der Waals surface area (Å²) in [6, 6.07) is 26.0. The molecule has 1 N–H and O–H groups in total. The SMILES string of the molecule is COC(=O)c1ccc(N[C@@H](CC(=O)c2ccccc2)c2ccccc2)cc1. The van der Waals surface area contributed by atoms with E-state index in [1.165, 1.54) is 7.11 Å². The maximum Gasteiger partial charge on any atom is 0.337 e. The van der Waals surface area contributed by atoms with Crippen molar-refractivity contribution in [1.29, 1.82) is 0 Å². The van der Waals surface area contributed by atoms with Crippen molar-refractivity contribution >= 4 is 17.4 Å². The number of rotatable bonds is 7. The minimum Gasteiger partial charge on any atom is -0.465 e. The summed E-state index contributed by atoms with van der Waals surface area (Å²) in [5.74, 6) is -0.302. The van der Waals surface area contributed by atoms with Crippen molar-refractivity contribution in [1.82, 2.24) is 0 Å². The Bertz CT molecular complexity index is 890. The highest BCUT2D eigenvalue weighted by Gasteiger charge is 2.17. The average molecular weight is 359 g/mol. The molecule has 3 aromatic rings. The number of esters is 1. The van der Waals surface area contributed by atoms with Crippen LogP contribution in [0.3, 0.4) is 0 Å². The normalized spacial score (nSPS) is 11.4. The van der Waals surface area contributed by atoms with Gasteiger partial charge in [-0.2, -0.15) is 0 Å². The van der Waals surface area contributed by atoms with E-state index in [2.05, 4.69) is 5.32 Å². The molecule has 4 nitrogen and oxygen atoms in total. The summed E-state index contributed by atoms with van der Waals surface area (Å²) >= 11 is 0. The molecule has 0 heterocycles. The molecule has 0 bridgehead atoms. The zero-order chi connectivity index (χ0) is 19.1. The van der Waals surface area contributed by atoms with Crippen LogP contribution in [-0.2, 0) is 4.74 Å². The van der Waals surface area contributed by atoms with E-state index in [4.69, 9.17) is 4.74 Å². The number of hydrogen-bond donors (Lipinski definition) is 1. The van der Waals surface area contributed by atoms with Crippen molar-refractivity contribution in [3.63, 3.8) is 0 Å². The van der Waals surface area contributed by atoms with Crippen molar-refractivity contribution in [2.24, 2.45) is 0 Å². The van der Waals surface area contributed by atoms with Crippen LogP contribution in [0.5, 0.6) is 0 Å². The van der Waals surface area contributed by atoms with E-state index < -0.39 is 0 Å². The van der Waals surface area contributed by atoms with Gasteiger partial charge < -0.3 is 10.1 Å².